The van der Waals surface area contributed by atoms with Crippen LogP contribution in [0.3, 0.4) is 0 Å². The van der Waals surface area contributed by atoms with Crippen LogP contribution in [0.15, 0.2) is 0 Å². The van der Waals surface area contributed by atoms with Crippen molar-refractivity contribution in [1.29, 1.82) is 0 Å². The first-order valence-electron chi connectivity index (χ1n) is 3.37. The highest BCUT2D eigenvalue weighted by Crippen LogP contribution is 2.06. The summed E-state index contributed by atoms with van der Waals surface area (Å²) in [7, 11) is 0. The Bertz CT molecular complexity index is 188. The van der Waals surface area contributed by atoms with E-state index in [1.54, 1.807) is 0 Å². The van der Waals surface area contributed by atoms with Crippen LogP contribution in [0.1, 0.15) is 6.42 Å². The Labute approximate surface area is 63.8 Å². The fourth-order valence-electron chi connectivity index (χ4n) is 0.780. The van der Waals surface area contributed by atoms with Crippen molar-refractivity contribution in [3.05, 3.63) is 0 Å². The Balaban J connectivity index is 2.33. The molecule has 1 heterocycles. The second kappa shape index (κ2) is 2.87. The minimum absolute atomic E-state index is 0.257. The zero-order valence-electron chi connectivity index (χ0n) is 5.99. The maximum absolute atomic E-state index is 11.0. The van der Waals surface area contributed by atoms with Crippen molar-refractivity contribution in [2.24, 2.45) is 5.73 Å². The van der Waals surface area contributed by atoms with Crippen LogP contribution in [0, 0.1) is 0 Å². The highest BCUT2D eigenvalue weighted by molar-refractivity contribution is 5.87. The smallest absolute Gasteiger partial charge is 0.305 e. The SMILES string of the molecule is NC(CC(=O)O)C(=O)N1CC1. The molecule has 1 saturated heterocycles. The fraction of sp³-hybridized carbons (Fsp3) is 0.667. The average Bonchev–Trinajstić information content (AvgIpc) is 2.65. The van der Waals surface area contributed by atoms with Gasteiger partial charge >= 0.3 is 5.97 Å². The van der Waals surface area contributed by atoms with E-state index in [0.29, 0.717) is 13.1 Å². The molecule has 1 aliphatic heterocycles. The lowest BCUT2D eigenvalue weighted by atomic mass is 10.2. The molecule has 1 unspecified atom stereocenters. The normalized spacial score (nSPS) is 17.7. The third-order valence-electron chi connectivity index (χ3n) is 1.47. The number of aliphatic carboxylic acids is 1. The number of hydrogen-bond donors (Lipinski definition) is 2. The van der Waals surface area contributed by atoms with Gasteiger partial charge in [0.25, 0.3) is 0 Å². The second-order valence-electron chi connectivity index (χ2n) is 2.53. The van der Waals surface area contributed by atoms with Crippen LogP contribution in [0.25, 0.3) is 0 Å². The highest BCUT2D eigenvalue weighted by atomic mass is 16.4. The molecule has 5 nitrogen and oxygen atoms in total. The molecule has 0 aromatic rings. The van der Waals surface area contributed by atoms with E-state index in [4.69, 9.17) is 10.8 Å². The average molecular weight is 158 g/mol. The quantitative estimate of drug-likeness (QED) is 0.496. The second-order valence-corrected chi connectivity index (χ2v) is 2.53. The van der Waals surface area contributed by atoms with Crippen molar-refractivity contribution >= 4 is 11.9 Å². The molecule has 62 valence electrons. The van der Waals surface area contributed by atoms with E-state index in [0.717, 1.165) is 0 Å². The van der Waals surface area contributed by atoms with E-state index in [-0.39, 0.29) is 12.3 Å². The van der Waals surface area contributed by atoms with Gasteiger partial charge in [0.2, 0.25) is 5.91 Å². The standard InChI is InChI=1S/C6H10N2O3/c7-4(3-5(9)10)6(11)8-1-2-8/h4H,1-3,7H2,(H,9,10). The summed E-state index contributed by atoms with van der Waals surface area (Å²) in [6.45, 7) is 1.43. The first-order valence-corrected chi connectivity index (χ1v) is 3.37. The molecular weight excluding hydrogens is 148 g/mol. The molecule has 0 aromatic heterocycles. The van der Waals surface area contributed by atoms with Crippen molar-refractivity contribution in [3.8, 4) is 0 Å². The summed E-state index contributed by atoms with van der Waals surface area (Å²) < 4.78 is 0. The van der Waals surface area contributed by atoms with Gasteiger partial charge in [0, 0.05) is 13.1 Å². The Kier molecular flexibility index (Phi) is 2.09. The number of carboxylic acid groups (broad SMARTS) is 1. The van der Waals surface area contributed by atoms with Crippen molar-refractivity contribution in [1.82, 2.24) is 4.90 Å². The van der Waals surface area contributed by atoms with Gasteiger partial charge < -0.3 is 15.7 Å². The molecule has 1 amide bonds. The predicted octanol–water partition coefficient (Wildman–Crippen LogP) is -1.37. The number of nitrogens with zero attached hydrogens (tertiary/aromatic N) is 1. The zero-order chi connectivity index (χ0) is 8.43. The van der Waals surface area contributed by atoms with Crippen molar-refractivity contribution in [2.75, 3.05) is 13.1 Å². The fourth-order valence-corrected chi connectivity index (χ4v) is 0.780. The maximum Gasteiger partial charge on any atom is 0.305 e. The van der Waals surface area contributed by atoms with Crippen LogP contribution < -0.4 is 5.73 Å². The number of rotatable bonds is 3. The van der Waals surface area contributed by atoms with Gasteiger partial charge in [0.1, 0.15) is 0 Å². The van der Waals surface area contributed by atoms with Crippen LogP contribution in [-0.4, -0.2) is 41.0 Å². The molecule has 1 rings (SSSR count). The molecule has 11 heavy (non-hydrogen) atoms. The molecule has 0 aromatic carbocycles. The van der Waals surface area contributed by atoms with Crippen LogP contribution in [-0.2, 0) is 9.59 Å². The summed E-state index contributed by atoms with van der Waals surface area (Å²) in [4.78, 5) is 22.6. The summed E-state index contributed by atoms with van der Waals surface area (Å²) in [6, 6.07) is -0.866. The van der Waals surface area contributed by atoms with E-state index >= 15 is 0 Å². The van der Waals surface area contributed by atoms with Crippen molar-refractivity contribution < 1.29 is 14.7 Å². The number of carbonyl (C=O) groups is 2. The van der Waals surface area contributed by atoms with Crippen LogP contribution in [0.5, 0.6) is 0 Å². The monoisotopic (exact) mass is 158 g/mol. The van der Waals surface area contributed by atoms with E-state index in [2.05, 4.69) is 0 Å². The summed E-state index contributed by atoms with van der Waals surface area (Å²) in [5.74, 6) is -1.29. The predicted molar refractivity (Wildman–Crippen MR) is 36.8 cm³/mol. The summed E-state index contributed by atoms with van der Waals surface area (Å²) in [5, 5.41) is 8.28. The van der Waals surface area contributed by atoms with Gasteiger partial charge in [-0.15, -0.1) is 0 Å². The molecule has 1 fully saturated rings. The van der Waals surface area contributed by atoms with E-state index in [9.17, 15) is 9.59 Å². The summed E-state index contributed by atoms with van der Waals surface area (Å²) in [5.41, 5.74) is 5.29. The minimum atomic E-state index is -1.03. The molecule has 0 bridgehead atoms. The molecule has 1 atom stereocenters. The van der Waals surface area contributed by atoms with Crippen molar-refractivity contribution in [3.63, 3.8) is 0 Å². The van der Waals surface area contributed by atoms with Crippen LogP contribution in [0.4, 0.5) is 0 Å². The number of amides is 1. The summed E-state index contributed by atoms with van der Waals surface area (Å²) in [6.07, 6.45) is -0.282. The Morgan fingerprint density at radius 2 is 2.09 bits per heavy atom. The third kappa shape index (κ3) is 2.19. The largest absolute Gasteiger partial charge is 0.481 e. The lowest BCUT2D eigenvalue weighted by molar-refractivity contribution is -0.140. The van der Waals surface area contributed by atoms with Gasteiger partial charge in [-0.25, -0.2) is 0 Å². The number of carboxylic acids is 1. The lowest BCUT2D eigenvalue weighted by Crippen LogP contribution is -2.37. The lowest BCUT2D eigenvalue weighted by Gasteiger charge is -2.07. The van der Waals surface area contributed by atoms with Crippen molar-refractivity contribution in [2.45, 2.75) is 12.5 Å². The molecule has 1 aliphatic rings. The summed E-state index contributed by atoms with van der Waals surface area (Å²) >= 11 is 0. The van der Waals surface area contributed by atoms with Gasteiger partial charge in [-0.2, -0.15) is 0 Å². The van der Waals surface area contributed by atoms with Gasteiger partial charge in [0.15, 0.2) is 0 Å². The molecular formula is C6H10N2O3. The molecule has 0 radical (unpaired) electrons. The topological polar surface area (TPSA) is 83.4 Å². The molecule has 0 aliphatic carbocycles. The first-order chi connectivity index (χ1) is 5.11. The Morgan fingerprint density at radius 3 is 2.45 bits per heavy atom. The zero-order valence-corrected chi connectivity index (χ0v) is 5.99. The number of hydrogen-bond acceptors (Lipinski definition) is 3. The van der Waals surface area contributed by atoms with E-state index in [1.165, 1.54) is 4.90 Å². The minimum Gasteiger partial charge on any atom is -0.481 e. The Hall–Kier alpha value is -1.10. The van der Waals surface area contributed by atoms with Crippen LogP contribution >= 0.6 is 0 Å². The van der Waals surface area contributed by atoms with Gasteiger partial charge in [0.05, 0.1) is 12.5 Å². The van der Waals surface area contributed by atoms with Gasteiger partial charge in [-0.3, -0.25) is 9.59 Å². The van der Waals surface area contributed by atoms with Gasteiger partial charge in [-0.1, -0.05) is 0 Å². The van der Waals surface area contributed by atoms with Gasteiger partial charge in [-0.05, 0) is 0 Å². The van der Waals surface area contributed by atoms with E-state index < -0.39 is 12.0 Å². The highest BCUT2D eigenvalue weighted by Gasteiger charge is 2.29. The maximum atomic E-state index is 11.0. The first kappa shape index (κ1) is 8.00. The molecule has 5 heteroatoms. The third-order valence-corrected chi connectivity index (χ3v) is 1.47. The molecule has 3 N–H and O–H groups in total. The molecule has 0 spiro atoms. The molecule has 0 saturated carbocycles. The number of nitrogens with two attached hydrogens (primary N) is 1. The number of carbonyl (C=O) groups excluding carboxylic acids is 1. The Morgan fingerprint density at radius 1 is 1.55 bits per heavy atom. The van der Waals surface area contributed by atoms with Crippen LogP contribution in [0.2, 0.25) is 0 Å². The van der Waals surface area contributed by atoms with E-state index in [1.807, 2.05) is 0 Å².